The quantitative estimate of drug-likeness (QED) is 0.616. The van der Waals surface area contributed by atoms with E-state index in [1.807, 2.05) is 7.05 Å². The SMILES string of the molecule is CCCC(C)(C)CNCC(CC)CNC. The molecule has 0 aromatic carbocycles. The zero-order valence-corrected chi connectivity index (χ0v) is 11.3. The van der Waals surface area contributed by atoms with Crippen molar-refractivity contribution < 1.29 is 0 Å². The Morgan fingerprint density at radius 2 is 1.80 bits per heavy atom. The number of hydrogen-bond acceptors (Lipinski definition) is 2. The lowest BCUT2D eigenvalue weighted by Crippen LogP contribution is -2.35. The van der Waals surface area contributed by atoms with Crippen LogP contribution in [0.2, 0.25) is 0 Å². The van der Waals surface area contributed by atoms with E-state index in [9.17, 15) is 0 Å². The second kappa shape index (κ2) is 8.12. The summed E-state index contributed by atoms with van der Waals surface area (Å²) in [6, 6.07) is 0. The molecule has 0 amide bonds. The van der Waals surface area contributed by atoms with Crippen molar-refractivity contribution in [1.29, 1.82) is 0 Å². The molecule has 0 bridgehead atoms. The Balaban J connectivity index is 3.66. The minimum absolute atomic E-state index is 0.451. The van der Waals surface area contributed by atoms with E-state index < -0.39 is 0 Å². The van der Waals surface area contributed by atoms with Gasteiger partial charge in [0.2, 0.25) is 0 Å². The Morgan fingerprint density at radius 3 is 2.27 bits per heavy atom. The van der Waals surface area contributed by atoms with Crippen LogP contribution in [-0.4, -0.2) is 26.7 Å². The van der Waals surface area contributed by atoms with E-state index in [0.29, 0.717) is 5.41 Å². The summed E-state index contributed by atoms with van der Waals surface area (Å²) in [5.41, 5.74) is 0.451. The van der Waals surface area contributed by atoms with E-state index in [4.69, 9.17) is 0 Å². The minimum Gasteiger partial charge on any atom is -0.319 e. The van der Waals surface area contributed by atoms with Crippen LogP contribution in [0.3, 0.4) is 0 Å². The lowest BCUT2D eigenvalue weighted by Gasteiger charge is -2.26. The Bertz CT molecular complexity index is 143. The summed E-state index contributed by atoms with van der Waals surface area (Å²) in [7, 11) is 2.03. The molecule has 0 fully saturated rings. The molecule has 0 saturated carbocycles. The maximum absolute atomic E-state index is 3.61. The van der Waals surface area contributed by atoms with Crippen LogP contribution in [0.4, 0.5) is 0 Å². The maximum atomic E-state index is 3.61. The van der Waals surface area contributed by atoms with Crippen molar-refractivity contribution in [1.82, 2.24) is 10.6 Å². The molecule has 0 radical (unpaired) electrons. The zero-order chi connectivity index (χ0) is 11.7. The fourth-order valence-corrected chi connectivity index (χ4v) is 2.03. The highest BCUT2D eigenvalue weighted by atomic mass is 14.9. The molecular formula is C13H30N2. The highest BCUT2D eigenvalue weighted by Crippen LogP contribution is 2.20. The van der Waals surface area contributed by atoms with Gasteiger partial charge in [0.05, 0.1) is 0 Å². The highest BCUT2D eigenvalue weighted by Gasteiger charge is 2.16. The highest BCUT2D eigenvalue weighted by molar-refractivity contribution is 4.72. The average Bonchev–Trinajstić information content (AvgIpc) is 2.16. The minimum atomic E-state index is 0.451. The van der Waals surface area contributed by atoms with Gasteiger partial charge in [0.1, 0.15) is 0 Å². The van der Waals surface area contributed by atoms with Crippen molar-refractivity contribution in [3.63, 3.8) is 0 Å². The van der Waals surface area contributed by atoms with E-state index in [1.165, 1.54) is 19.3 Å². The summed E-state index contributed by atoms with van der Waals surface area (Å²) in [6.45, 7) is 12.6. The molecule has 0 spiro atoms. The van der Waals surface area contributed by atoms with Crippen molar-refractivity contribution in [3.8, 4) is 0 Å². The van der Waals surface area contributed by atoms with Gasteiger partial charge in [-0.3, -0.25) is 0 Å². The number of nitrogens with one attached hydrogen (secondary N) is 2. The summed E-state index contributed by atoms with van der Waals surface area (Å²) in [5, 5.41) is 6.86. The molecule has 92 valence electrons. The van der Waals surface area contributed by atoms with E-state index in [2.05, 4.69) is 38.3 Å². The first kappa shape index (κ1) is 14.9. The van der Waals surface area contributed by atoms with Gasteiger partial charge < -0.3 is 10.6 Å². The molecule has 0 aliphatic rings. The third-order valence-electron chi connectivity index (χ3n) is 3.03. The van der Waals surface area contributed by atoms with E-state index in [-0.39, 0.29) is 0 Å². The third kappa shape index (κ3) is 7.80. The first-order valence-electron chi connectivity index (χ1n) is 6.41. The second-order valence-electron chi connectivity index (χ2n) is 5.38. The smallest absolute Gasteiger partial charge is 0.000264 e. The van der Waals surface area contributed by atoms with Crippen LogP contribution in [0.15, 0.2) is 0 Å². The molecule has 0 aromatic rings. The van der Waals surface area contributed by atoms with Gasteiger partial charge >= 0.3 is 0 Å². The van der Waals surface area contributed by atoms with Gasteiger partial charge in [-0.25, -0.2) is 0 Å². The topological polar surface area (TPSA) is 24.1 Å². The molecule has 0 heterocycles. The van der Waals surface area contributed by atoms with Crippen LogP contribution in [0, 0.1) is 11.3 Å². The van der Waals surface area contributed by atoms with Crippen molar-refractivity contribution in [2.24, 2.45) is 11.3 Å². The molecule has 15 heavy (non-hydrogen) atoms. The van der Waals surface area contributed by atoms with Gasteiger partial charge in [-0.1, -0.05) is 40.5 Å². The fraction of sp³-hybridized carbons (Fsp3) is 1.00. The predicted octanol–water partition coefficient (Wildman–Crippen LogP) is 2.65. The number of rotatable bonds is 9. The van der Waals surface area contributed by atoms with Crippen LogP contribution in [0.5, 0.6) is 0 Å². The Hall–Kier alpha value is -0.0800. The monoisotopic (exact) mass is 214 g/mol. The normalized spacial score (nSPS) is 14.2. The summed E-state index contributed by atoms with van der Waals surface area (Å²) in [6.07, 6.45) is 3.84. The Kier molecular flexibility index (Phi) is 8.07. The molecule has 0 aromatic heterocycles. The van der Waals surface area contributed by atoms with Crippen molar-refractivity contribution in [2.45, 2.75) is 47.0 Å². The maximum Gasteiger partial charge on any atom is 0.000264 e. The molecule has 2 nitrogen and oxygen atoms in total. The summed E-state index contributed by atoms with van der Waals surface area (Å²) >= 11 is 0. The second-order valence-corrected chi connectivity index (χ2v) is 5.38. The Labute approximate surface area is 96.2 Å². The van der Waals surface area contributed by atoms with Crippen LogP contribution < -0.4 is 10.6 Å². The lowest BCUT2D eigenvalue weighted by molar-refractivity contribution is 0.298. The molecule has 1 unspecified atom stereocenters. The number of hydrogen-bond donors (Lipinski definition) is 2. The lowest BCUT2D eigenvalue weighted by atomic mass is 9.88. The molecule has 0 saturated heterocycles. The van der Waals surface area contributed by atoms with Gasteiger partial charge in [-0.15, -0.1) is 0 Å². The summed E-state index contributed by atoms with van der Waals surface area (Å²) < 4.78 is 0. The van der Waals surface area contributed by atoms with E-state index in [1.54, 1.807) is 0 Å². The molecule has 0 aliphatic heterocycles. The molecule has 2 heteroatoms. The molecular weight excluding hydrogens is 184 g/mol. The van der Waals surface area contributed by atoms with Crippen molar-refractivity contribution in [2.75, 3.05) is 26.7 Å². The van der Waals surface area contributed by atoms with Crippen LogP contribution in [0.25, 0.3) is 0 Å². The van der Waals surface area contributed by atoms with Gasteiger partial charge in [0.25, 0.3) is 0 Å². The van der Waals surface area contributed by atoms with Crippen molar-refractivity contribution in [3.05, 3.63) is 0 Å². The van der Waals surface area contributed by atoms with Gasteiger partial charge in [-0.2, -0.15) is 0 Å². The molecule has 2 N–H and O–H groups in total. The van der Waals surface area contributed by atoms with Gasteiger partial charge in [0.15, 0.2) is 0 Å². The fourth-order valence-electron chi connectivity index (χ4n) is 2.03. The largest absolute Gasteiger partial charge is 0.319 e. The standard InChI is InChI=1S/C13H30N2/c1-6-8-13(3,4)11-15-10-12(7-2)9-14-5/h12,14-15H,6-11H2,1-5H3. The predicted molar refractivity (Wildman–Crippen MR) is 69.3 cm³/mol. The first-order valence-corrected chi connectivity index (χ1v) is 6.41. The van der Waals surface area contributed by atoms with Gasteiger partial charge in [0, 0.05) is 6.54 Å². The summed E-state index contributed by atoms with van der Waals surface area (Å²) in [5.74, 6) is 0.771. The average molecular weight is 214 g/mol. The van der Waals surface area contributed by atoms with Gasteiger partial charge in [-0.05, 0) is 37.9 Å². The van der Waals surface area contributed by atoms with Crippen LogP contribution >= 0.6 is 0 Å². The molecule has 1 atom stereocenters. The Morgan fingerprint density at radius 1 is 1.13 bits per heavy atom. The van der Waals surface area contributed by atoms with Crippen LogP contribution in [-0.2, 0) is 0 Å². The van der Waals surface area contributed by atoms with Crippen molar-refractivity contribution >= 4 is 0 Å². The summed E-state index contributed by atoms with van der Waals surface area (Å²) in [4.78, 5) is 0. The third-order valence-corrected chi connectivity index (χ3v) is 3.03. The van der Waals surface area contributed by atoms with Crippen LogP contribution in [0.1, 0.15) is 47.0 Å². The molecule has 0 aliphatic carbocycles. The zero-order valence-electron chi connectivity index (χ0n) is 11.3. The van der Waals surface area contributed by atoms with E-state index in [0.717, 1.165) is 25.6 Å². The van der Waals surface area contributed by atoms with E-state index >= 15 is 0 Å². The first-order chi connectivity index (χ1) is 7.05. The molecule has 0 rings (SSSR count).